The van der Waals surface area contributed by atoms with Crippen molar-refractivity contribution in [2.45, 2.75) is 0 Å². The van der Waals surface area contributed by atoms with Crippen molar-refractivity contribution in [3.05, 3.63) is 22.9 Å². The Morgan fingerprint density at radius 3 is 3.11 bits per heavy atom. The third-order valence-electron chi connectivity index (χ3n) is 2.55. The molecule has 0 aliphatic carbocycles. The molecular weight excluding hydrogens is 248 g/mol. The van der Waals surface area contributed by atoms with Crippen LogP contribution in [0, 0.1) is 0 Å². The summed E-state index contributed by atoms with van der Waals surface area (Å²) in [6, 6.07) is 1.71. The Balaban J connectivity index is 1.77. The molecule has 8 nitrogen and oxygen atoms in total. The monoisotopic (exact) mass is 266 g/mol. The van der Waals surface area contributed by atoms with Gasteiger partial charge in [0, 0.05) is 19.2 Å². The van der Waals surface area contributed by atoms with Gasteiger partial charge in [-0.1, -0.05) is 0 Å². The van der Waals surface area contributed by atoms with E-state index < -0.39 is 0 Å². The minimum Gasteiger partial charge on any atom is -0.378 e. The summed E-state index contributed by atoms with van der Waals surface area (Å²) in [5, 5.41) is 9.34. The van der Waals surface area contributed by atoms with E-state index in [1.165, 1.54) is 10.7 Å². The molecule has 0 radical (unpaired) electrons. The molecule has 0 aliphatic heterocycles. The summed E-state index contributed by atoms with van der Waals surface area (Å²) >= 11 is 0. The number of hydrogen-bond donors (Lipinski definition) is 2. The van der Waals surface area contributed by atoms with Gasteiger partial charge in [-0.3, -0.25) is 0 Å². The smallest absolute Gasteiger partial charge is 0.348 e. The van der Waals surface area contributed by atoms with E-state index in [0.29, 0.717) is 31.2 Å². The van der Waals surface area contributed by atoms with Crippen LogP contribution < -0.4 is 11.0 Å². The third-order valence-corrected chi connectivity index (χ3v) is 2.55. The minimum atomic E-state index is -0.291. The highest BCUT2D eigenvalue weighted by molar-refractivity contribution is 5.48. The normalized spacial score (nSPS) is 11.3. The molecular formula is C11H18N6O2. The van der Waals surface area contributed by atoms with Crippen molar-refractivity contribution in [2.75, 3.05) is 45.7 Å². The molecule has 104 valence electrons. The van der Waals surface area contributed by atoms with E-state index in [0.717, 1.165) is 6.54 Å². The minimum absolute atomic E-state index is 0.291. The number of aromatic nitrogens is 4. The van der Waals surface area contributed by atoms with Crippen molar-refractivity contribution in [2.24, 2.45) is 0 Å². The molecule has 0 fully saturated rings. The predicted octanol–water partition coefficient (Wildman–Crippen LogP) is -0.592. The molecule has 0 saturated heterocycles. The molecule has 0 amide bonds. The van der Waals surface area contributed by atoms with Gasteiger partial charge in [0.2, 0.25) is 0 Å². The van der Waals surface area contributed by atoms with Gasteiger partial charge in [0.05, 0.1) is 13.2 Å². The van der Waals surface area contributed by atoms with Crippen molar-refractivity contribution in [3.63, 3.8) is 0 Å². The lowest BCUT2D eigenvalue weighted by atomic mass is 10.5. The van der Waals surface area contributed by atoms with E-state index in [-0.39, 0.29) is 5.69 Å². The van der Waals surface area contributed by atoms with E-state index in [9.17, 15) is 4.79 Å². The first-order valence-corrected chi connectivity index (χ1v) is 6.06. The standard InChI is InChI=1S/C11H18N6O2/c1-16(2)4-6-19-5-3-12-9-7-10-14-15-11(18)17(10)8-13-9/h7-8,12H,3-6H2,1-2H3,(H,15,18). The zero-order valence-electron chi connectivity index (χ0n) is 11.1. The summed E-state index contributed by atoms with van der Waals surface area (Å²) in [5.74, 6) is 0.669. The molecule has 0 saturated carbocycles. The predicted molar refractivity (Wildman–Crippen MR) is 71.5 cm³/mol. The number of aromatic amines is 1. The Kier molecular flexibility index (Phi) is 4.48. The lowest BCUT2D eigenvalue weighted by Crippen LogP contribution is -2.20. The summed E-state index contributed by atoms with van der Waals surface area (Å²) in [5.41, 5.74) is 0.247. The molecule has 2 N–H and O–H groups in total. The molecule has 0 atom stereocenters. The van der Waals surface area contributed by atoms with Crippen molar-refractivity contribution in [1.82, 2.24) is 24.5 Å². The summed E-state index contributed by atoms with van der Waals surface area (Å²) in [6.07, 6.45) is 1.44. The average molecular weight is 266 g/mol. The van der Waals surface area contributed by atoms with Gasteiger partial charge in [0.15, 0.2) is 5.65 Å². The first-order valence-electron chi connectivity index (χ1n) is 6.06. The second-order valence-corrected chi connectivity index (χ2v) is 4.37. The second-order valence-electron chi connectivity index (χ2n) is 4.37. The molecule has 0 bridgehead atoms. The highest BCUT2D eigenvalue weighted by atomic mass is 16.5. The average Bonchev–Trinajstić information content (AvgIpc) is 2.75. The molecule has 19 heavy (non-hydrogen) atoms. The SMILES string of the molecule is CN(C)CCOCCNc1cc2n[nH]c(=O)n2cn1. The molecule has 0 aromatic carbocycles. The number of anilines is 1. The van der Waals surface area contributed by atoms with Crippen LogP contribution in [0.1, 0.15) is 0 Å². The van der Waals surface area contributed by atoms with Crippen molar-refractivity contribution in [3.8, 4) is 0 Å². The number of rotatable bonds is 7. The van der Waals surface area contributed by atoms with Crippen LogP contribution in [0.3, 0.4) is 0 Å². The number of fused-ring (bicyclic) bond motifs is 1. The number of ether oxygens (including phenoxy) is 1. The highest BCUT2D eigenvalue weighted by Crippen LogP contribution is 2.03. The van der Waals surface area contributed by atoms with E-state index in [1.54, 1.807) is 6.07 Å². The zero-order chi connectivity index (χ0) is 13.7. The summed E-state index contributed by atoms with van der Waals surface area (Å²) < 4.78 is 6.79. The van der Waals surface area contributed by atoms with Crippen LogP contribution in [0.5, 0.6) is 0 Å². The molecule has 0 unspecified atom stereocenters. The fourth-order valence-corrected chi connectivity index (χ4v) is 1.51. The van der Waals surface area contributed by atoms with Crippen LogP contribution in [0.2, 0.25) is 0 Å². The van der Waals surface area contributed by atoms with Gasteiger partial charge in [0.25, 0.3) is 0 Å². The number of nitrogens with zero attached hydrogens (tertiary/aromatic N) is 4. The Hall–Kier alpha value is -1.93. The largest absolute Gasteiger partial charge is 0.378 e. The van der Waals surface area contributed by atoms with Gasteiger partial charge in [-0.15, -0.1) is 0 Å². The van der Waals surface area contributed by atoms with Gasteiger partial charge >= 0.3 is 5.69 Å². The van der Waals surface area contributed by atoms with E-state index in [2.05, 4.69) is 25.4 Å². The highest BCUT2D eigenvalue weighted by Gasteiger charge is 2.01. The quantitative estimate of drug-likeness (QED) is 0.651. The van der Waals surface area contributed by atoms with Crippen LogP contribution in [-0.2, 0) is 4.74 Å². The fraction of sp³-hybridized carbons (Fsp3) is 0.545. The number of hydrogen-bond acceptors (Lipinski definition) is 6. The van der Waals surface area contributed by atoms with Crippen LogP contribution in [0.4, 0.5) is 5.82 Å². The van der Waals surface area contributed by atoms with Gasteiger partial charge in [-0.25, -0.2) is 19.3 Å². The Morgan fingerprint density at radius 2 is 2.32 bits per heavy atom. The number of likely N-dealkylation sites (N-methyl/N-ethyl adjacent to an activating group) is 1. The molecule has 2 heterocycles. The third kappa shape index (κ3) is 3.76. The zero-order valence-corrected chi connectivity index (χ0v) is 11.1. The number of nitrogens with one attached hydrogen (secondary N) is 2. The lowest BCUT2D eigenvalue weighted by molar-refractivity contribution is 0.126. The van der Waals surface area contributed by atoms with Gasteiger partial charge in [-0.05, 0) is 14.1 Å². The van der Waals surface area contributed by atoms with Crippen LogP contribution in [0.25, 0.3) is 5.65 Å². The topological polar surface area (TPSA) is 87.5 Å². The first kappa shape index (κ1) is 13.5. The fourth-order valence-electron chi connectivity index (χ4n) is 1.51. The van der Waals surface area contributed by atoms with E-state index in [4.69, 9.17) is 4.74 Å². The number of H-pyrrole nitrogens is 1. The maximum Gasteiger partial charge on any atom is 0.348 e. The van der Waals surface area contributed by atoms with Gasteiger partial charge < -0.3 is 15.0 Å². The maximum absolute atomic E-state index is 11.2. The summed E-state index contributed by atoms with van der Waals surface area (Å²) in [4.78, 5) is 17.4. The van der Waals surface area contributed by atoms with E-state index in [1.807, 2.05) is 14.1 Å². The Labute approximate surface area is 110 Å². The van der Waals surface area contributed by atoms with Crippen molar-refractivity contribution in [1.29, 1.82) is 0 Å². The van der Waals surface area contributed by atoms with Gasteiger partial charge in [-0.2, -0.15) is 5.10 Å². The molecule has 0 aliphatic rings. The molecule has 8 heteroatoms. The van der Waals surface area contributed by atoms with Crippen LogP contribution in [-0.4, -0.2) is 64.9 Å². The molecule has 0 spiro atoms. The van der Waals surface area contributed by atoms with Crippen molar-refractivity contribution < 1.29 is 4.74 Å². The maximum atomic E-state index is 11.2. The van der Waals surface area contributed by atoms with Crippen molar-refractivity contribution >= 4 is 11.5 Å². The lowest BCUT2D eigenvalue weighted by Gasteiger charge is -2.10. The van der Waals surface area contributed by atoms with Gasteiger partial charge in [0.1, 0.15) is 12.1 Å². The Bertz CT molecular complexity index is 576. The van der Waals surface area contributed by atoms with Crippen LogP contribution >= 0.6 is 0 Å². The van der Waals surface area contributed by atoms with E-state index >= 15 is 0 Å². The second kappa shape index (κ2) is 6.30. The van der Waals surface area contributed by atoms with Crippen LogP contribution in [0.15, 0.2) is 17.2 Å². The molecule has 2 aromatic heterocycles. The molecule has 2 aromatic rings. The Morgan fingerprint density at radius 1 is 1.47 bits per heavy atom. The summed E-state index contributed by atoms with van der Waals surface area (Å²) in [7, 11) is 4.01. The molecule has 2 rings (SSSR count). The first-order chi connectivity index (χ1) is 9.16. The summed E-state index contributed by atoms with van der Waals surface area (Å²) in [6.45, 7) is 2.87.